The van der Waals surface area contributed by atoms with Crippen molar-refractivity contribution in [1.29, 1.82) is 5.26 Å². The zero-order chi connectivity index (χ0) is 25.9. The molecule has 5 aromatic rings. The minimum atomic E-state index is -0.515. The molecule has 10 heteroatoms. The summed E-state index contributed by atoms with van der Waals surface area (Å²) in [6.07, 6.45) is 3.06. The van der Waals surface area contributed by atoms with Gasteiger partial charge in [0.05, 0.1) is 28.8 Å². The zero-order valence-electron chi connectivity index (χ0n) is 20.2. The topological polar surface area (TPSA) is 147 Å². The van der Waals surface area contributed by atoms with Crippen LogP contribution in [0.4, 0.5) is 17.6 Å². The van der Waals surface area contributed by atoms with E-state index in [0.29, 0.717) is 28.2 Å². The number of nitrogens with zero attached hydrogens (tertiary/aromatic N) is 6. The van der Waals surface area contributed by atoms with Gasteiger partial charge in [-0.3, -0.25) is 9.36 Å². The van der Waals surface area contributed by atoms with Crippen molar-refractivity contribution >= 4 is 28.5 Å². The van der Waals surface area contributed by atoms with Gasteiger partial charge in [-0.15, -0.1) is 0 Å². The van der Waals surface area contributed by atoms with E-state index in [1.165, 1.54) is 6.20 Å². The number of anilines is 3. The number of rotatable bonds is 6. The van der Waals surface area contributed by atoms with E-state index >= 15 is 0 Å². The van der Waals surface area contributed by atoms with Crippen LogP contribution in [0.2, 0.25) is 0 Å². The van der Waals surface area contributed by atoms with Crippen LogP contribution in [0.3, 0.4) is 0 Å². The van der Waals surface area contributed by atoms with Gasteiger partial charge in [0.25, 0.3) is 5.56 Å². The van der Waals surface area contributed by atoms with Crippen molar-refractivity contribution in [1.82, 2.24) is 24.5 Å². The Labute approximate surface area is 212 Å². The summed E-state index contributed by atoms with van der Waals surface area (Å²) in [7, 11) is 1.79. The molecule has 2 aromatic carbocycles. The van der Waals surface area contributed by atoms with E-state index in [0.717, 1.165) is 11.1 Å². The molecular weight excluding hydrogens is 466 g/mol. The molecule has 0 aliphatic heterocycles. The quantitative estimate of drug-likeness (QED) is 0.323. The Hall–Kier alpha value is -5.30. The molecule has 0 saturated heterocycles. The highest BCUT2D eigenvalue weighted by atomic mass is 16.1. The second kappa shape index (κ2) is 9.75. The highest BCUT2D eigenvalue weighted by Gasteiger charge is 2.21. The lowest BCUT2D eigenvalue weighted by Gasteiger charge is -2.21. The van der Waals surface area contributed by atoms with Crippen LogP contribution in [-0.4, -0.2) is 31.6 Å². The zero-order valence-corrected chi connectivity index (χ0v) is 20.2. The van der Waals surface area contributed by atoms with Gasteiger partial charge in [0.1, 0.15) is 29.1 Å². The summed E-state index contributed by atoms with van der Waals surface area (Å²) in [5, 5.41) is 16.2. The molecule has 0 bridgehead atoms. The van der Waals surface area contributed by atoms with E-state index in [1.54, 1.807) is 17.8 Å². The SMILES string of the molecule is CNc1cc(-c2cccc3nc(C(C)Nc4nc(N)ncc4C#N)n(-c4ccccc4)c(=O)c23)ccn1. The van der Waals surface area contributed by atoms with Crippen LogP contribution in [0.1, 0.15) is 24.4 Å². The van der Waals surface area contributed by atoms with Crippen molar-refractivity contribution in [3.8, 4) is 22.9 Å². The van der Waals surface area contributed by atoms with Crippen molar-refractivity contribution in [3.05, 3.63) is 94.8 Å². The molecule has 1 atom stereocenters. The van der Waals surface area contributed by atoms with Gasteiger partial charge in [0.15, 0.2) is 0 Å². The summed E-state index contributed by atoms with van der Waals surface area (Å²) in [6.45, 7) is 1.85. The monoisotopic (exact) mass is 489 g/mol. The van der Waals surface area contributed by atoms with Crippen molar-refractivity contribution in [2.45, 2.75) is 13.0 Å². The average Bonchev–Trinajstić information content (AvgIpc) is 2.93. The summed E-state index contributed by atoms with van der Waals surface area (Å²) in [6, 6.07) is 20.2. The molecule has 37 heavy (non-hydrogen) atoms. The number of para-hydroxylation sites is 1. The molecule has 0 fully saturated rings. The summed E-state index contributed by atoms with van der Waals surface area (Å²) in [4.78, 5) is 31.5. The Morgan fingerprint density at radius 2 is 1.86 bits per heavy atom. The Kier molecular flexibility index (Phi) is 6.18. The third-order valence-electron chi connectivity index (χ3n) is 5.93. The van der Waals surface area contributed by atoms with Gasteiger partial charge >= 0.3 is 0 Å². The average molecular weight is 490 g/mol. The van der Waals surface area contributed by atoms with E-state index < -0.39 is 6.04 Å². The Bertz CT molecular complexity index is 1710. The molecule has 0 aliphatic carbocycles. The van der Waals surface area contributed by atoms with Gasteiger partial charge < -0.3 is 16.4 Å². The number of pyridine rings is 1. The number of benzene rings is 2. The van der Waals surface area contributed by atoms with Crippen LogP contribution in [0.25, 0.3) is 27.7 Å². The van der Waals surface area contributed by atoms with E-state index in [4.69, 9.17) is 10.7 Å². The first-order chi connectivity index (χ1) is 18.0. The van der Waals surface area contributed by atoms with Crippen molar-refractivity contribution in [2.75, 3.05) is 23.4 Å². The molecule has 0 amide bonds. The maximum absolute atomic E-state index is 14.2. The second-order valence-corrected chi connectivity index (χ2v) is 8.29. The minimum Gasteiger partial charge on any atom is -0.373 e. The molecule has 182 valence electrons. The van der Waals surface area contributed by atoms with E-state index in [-0.39, 0.29) is 22.9 Å². The molecule has 3 heterocycles. The molecule has 3 aromatic heterocycles. The maximum atomic E-state index is 14.2. The first-order valence-corrected chi connectivity index (χ1v) is 11.5. The number of aromatic nitrogens is 5. The number of nitrogens with one attached hydrogen (secondary N) is 2. The molecule has 0 radical (unpaired) electrons. The van der Waals surface area contributed by atoms with Crippen LogP contribution in [0, 0.1) is 11.3 Å². The lowest BCUT2D eigenvalue weighted by Crippen LogP contribution is -2.28. The number of nitrogen functional groups attached to an aromatic ring is 1. The van der Waals surface area contributed by atoms with Crippen LogP contribution in [-0.2, 0) is 0 Å². The first kappa shape index (κ1) is 23.4. The molecule has 10 nitrogen and oxygen atoms in total. The number of nitrogens with two attached hydrogens (primary N) is 1. The highest BCUT2D eigenvalue weighted by Crippen LogP contribution is 2.29. The van der Waals surface area contributed by atoms with Gasteiger partial charge in [-0.2, -0.15) is 10.2 Å². The number of fused-ring (bicyclic) bond motifs is 1. The first-order valence-electron chi connectivity index (χ1n) is 11.5. The molecular formula is C27H23N9O. The Morgan fingerprint density at radius 1 is 1.05 bits per heavy atom. The fourth-order valence-corrected chi connectivity index (χ4v) is 4.20. The maximum Gasteiger partial charge on any atom is 0.266 e. The van der Waals surface area contributed by atoms with E-state index in [9.17, 15) is 10.1 Å². The van der Waals surface area contributed by atoms with Gasteiger partial charge in [-0.25, -0.2) is 15.0 Å². The second-order valence-electron chi connectivity index (χ2n) is 8.29. The number of hydrogen-bond donors (Lipinski definition) is 3. The molecule has 0 spiro atoms. The van der Waals surface area contributed by atoms with Crippen LogP contribution >= 0.6 is 0 Å². The standard InChI is InChI=1S/C27H23N9O/c1-16(33-24-18(14-28)15-32-27(29)35-24)25-34-21-10-6-9-20(17-11-12-31-22(13-17)30-2)23(21)26(37)36(25)19-7-4-3-5-8-19/h3-13,15-16H,1-2H3,(H,30,31)(H3,29,32,33,35). The normalized spacial score (nSPS) is 11.6. The van der Waals surface area contributed by atoms with E-state index in [1.807, 2.05) is 67.6 Å². The molecule has 0 saturated carbocycles. The van der Waals surface area contributed by atoms with Crippen molar-refractivity contribution < 1.29 is 0 Å². The molecule has 0 aliphatic rings. The summed E-state index contributed by atoms with van der Waals surface area (Å²) < 4.78 is 1.58. The van der Waals surface area contributed by atoms with Crippen molar-refractivity contribution in [3.63, 3.8) is 0 Å². The van der Waals surface area contributed by atoms with Crippen LogP contribution < -0.4 is 21.9 Å². The van der Waals surface area contributed by atoms with E-state index in [2.05, 4.69) is 31.7 Å². The summed E-state index contributed by atoms with van der Waals surface area (Å²) in [5.74, 6) is 1.44. The molecule has 1 unspecified atom stereocenters. The van der Waals surface area contributed by atoms with Gasteiger partial charge in [0, 0.05) is 13.2 Å². The number of hydrogen-bond acceptors (Lipinski definition) is 9. The fourth-order valence-electron chi connectivity index (χ4n) is 4.20. The summed E-state index contributed by atoms with van der Waals surface area (Å²) >= 11 is 0. The van der Waals surface area contributed by atoms with Gasteiger partial charge in [-0.1, -0.05) is 30.3 Å². The largest absolute Gasteiger partial charge is 0.373 e. The van der Waals surface area contributed by atoms with Crippen LogP contribution in [0.15, 0.2) is 77.9 Å². The Morgan fingerprint density at radius 3 is 2.62 bits per heavy atom. The smallest absolute Gasteiger partial charge is 0.266 e. The van der Waals surface area contributed by atoms with Crippen molar-refractivity contribution in [2.24, 2.45) is 0 Å². The summed E-state index contributed by atoms with van der Waals surface area (Å²) in [5.41, 5.74) is 8.57. The predicted molar refractivity (Wildman–Crippen MR) is 143 cm³/mol. The molecule has 5 rings (SSSR count). The predicted octanol–water partition coefficient (Wildman–Crippen LogP) is 3.91. The highest BCUT2D eigenvalue weighted by molar-refractivity contribution is 5.94. The minimum absolute atomic E-state index is 0.0311. The number of nitriles is 1. The third-order valence-corrected chi connectivity index (χ3v) is 5.93. The molecule has 4 N–H and O–H groups in total. The van der Waals surface area contributed by atoms with Gasteiger partial charge in [0.2, 0.25) is 5.95 Å². The lowest BCUT2D eigenvalue weighted by molar-refractivity contribution is 0.731. The van der Waals surface area contributed by atoms with Crippen LogP contribution in [0.5, 0.6) is 0 Å². The van der Waals surface area contributed by atoms with Gasteiger partial charge in [-0.05, 0) is 48.4 Å². The lowest BCUT2D eigenvalue weighted by atomic mass is 10.0. The fraction of sp³-hybridized carbons (Fsp3) is 0.111. The third kappa shape index (κ3) is 4.41. The Balaban J connectivity index is 1.74.